The topological polar surface area (TPSA) is 67.7 Å². The van der Waals surface area contributed by atoms with Crippen molar-refractivity contribution in [2.75, 3.05) is 38.2 Å². The van der Waals surface area contributed by atoms with Crippen molar-refractivity contribution in [3.63, 3.8) is 0 Å². The predicted octanol–water partition coefficient (Wildman–Crippen LogP) is 3.72. The lowest BCUT2D eigenvalue weighted by Gasteiger charge is -2.36. The van der Waals surface area contributed by atoms with Crippen molar-refractivity contribution >= 4 is 22.6 Å². The molecule has 1 amide bonds. The second-order valence-corrected chi connectivity index (χ2v) is 8.75. The first-order valence-corrected chi connectivity index (χ1v) is 11.8. The molecule has 5 rings (SSSR count). The number of piperazine rings is 1. The summed E-state index contributed by atoms with van der Waals surface area (Å²) < 4.78 is 6.97. The Labute approximate surface area is 204 Å². The zero-order valence-electron chi connectivity index (χ0n) is 20.0. The van der Waals surface area contributed by atoms with Crippen LogP contribution in [0.4, 0.5) is 5.69 Å². The number of ether oxygens (including phenoxy) is 1. The normalized spacial score (nSPS) is 13.8. The zero-order valence-corrected chi connectivity index (χ0v) is 20.0. The molecule has 0 bridgehead atoms. The Kier molecular flexibility index (Phi) is 6.23. The number of aromatic nitrogens is 2. The largest absolute Gasteiger partial charge is 0.497 e. The van der Waals surface area contributed by atoms with Gasteiger partial charge in [0.25, 0.3) is 11.5 Å². The van der Waals surface area contributed by atoms with E-state index in [1.165, 1.54) is 0 Å². The van der Waals surface area contributed by atoms with E-state index < -0.39 is 0 Å². The van der Waals surface area contributed by atoms with E-state index in [0.717, 1.165) is 35.6 Å². The lowest BCUT2D eigenvalue weighted by Crippen LogP contribution is -2.48. The lowest BCUT2D eigenvalue weighted by molar-refractivity contribution is 0.0747. The van der Waals surface area contributed by atoms with Gasteiger partial charge in [-0.1, -0.05) is 30.3 Å². The Morgan fingerprint density at radius 1 is 0.943 bits per heavy atom. The van der Waals surface area contributed by atoms with Crippen LogP contribution in [0.3, 0.4) is 0 Å². The number of methoxy groups -OCH3 is 1. The minimum Gasteiger partial charge on any atom is -0.497 e. The Morgan fingerprint density at radius 2 is 1.66 bits per heavy atom. The number of amides is 1. The lowest BCUT2D eigenvalue weighted by atomic mass is 10.1. The van der Waals surface area contributed by atoms with Crippen molar-refractivity contribution in [1.82, 2.24) is 14.5 Å². The van der Waals surface area contributed by atoms with E-state index in [1.54, 1.807) is 30.7 Å². The predicted molar refractivity (Wildman–Crippen MR) is 137 cm³/mol. The third-order valence-electron chi connectivity index (χ3n) is 6.54. The summed E-state index contributed by atoms with van der Waals surface area (Å²) in [5.41, 5.74) is 4.44. The summed E-state index contributed by atoms with van der Waals surface area (Å²) in [4.78, 5) is 34.8. The van der Waals surface area contributed by atoms with Gasteiger partial charge in [-0.2, -0.15) is 0 Å². The van der Waals surface area contributed by atoms with Gasteiger partial charge in [-0.3, -0.25) is 9.59 Å². The van der Waals surface area contributed by atoms with Gasteiger partial charge >= 0.3 is 0 Å². The number of carbonyl (C=O) groups excluding carboxylic acids is 1. The molecule has 0 spiro atoms. The summed E-state index contributed by atoms with van der Waals surface area (Å²) in [7, 11) is 1.66. The maximum absolute atomic E-state index is 13.3. The number of carbonyl (C=O) groups is 1. The van der Waals surface area contributed by atoms with Gasteiger partial charge in [-0.25, -0.2) is 4.98 Å². The number of benzene rings is 3. The van der Waals surface area contributed by atoms with Crippen molar-refractivity contribution in [3.05, 3.63) is 100.0 Å². The molecule has 2 heterocycles. The summed E-state index contributed by atoms with van der Waals surface area (Å²) >= 11 is 0. The molecule has 0 N–H and O–H groups in total. The fourth-order valence-electron chi connectivity index (χ4n) is 4.57. The molecule has 1 aromatic heterocycles. The van der Waals surface area contributed by atoms with Crippen molar-refractivity contribution in [3.8, 4) is 5.75 Å². The fourth-order valence-corrected chi connectivity index (χ4v) is 4.57. The molecular weight excluding hydrogens is 440 g/mol. The summed E-state index contributed by atoms with van der Waals surface area (Å²) in [6.07, 6.45) is 0. The van der Waals surface area contributed by atoms with E-state index in [9.17, 15) is 9.59 Å². The van der Waals surface area contributed by atoms with Gasteiger partial charge in [0, 0.05) is 37.4 Å². The summed E-state index contributed by atoms with van der Waals surface area (Å²) in [6.45, 7) is 4.99. The first-order chi connectivity index (χ1) is 17.0. The van der Waals surface area contributed by atoms with Crippen molar-refractivity contribution in [1.29, 1.82) is 0 Å². The third-order valence-corrected chi connectivity index (χ3v) is 6.54. The van der Waals surface area contributed by atoms with E-state index in [4.69, 9.17) is 4.74 Å². The molecule has 35 heavy (non-hydrogen) atoms. The molecule has 0 unspecified atom stereocenters. The van der Waals surface area contributed by atoms with Crippen LogP contribution in [0.1, 0.15) is 21.6 Å². The van der Waals surface area contributed by atoms with Crippen LogP contribution in [0, 0.1) is 6.92 Å². The van der Waals surface area contributed by atoms with E-state index in [1.807, 2.05) is 65.6 Å². The molecule has 0 radical (unpaired) electrons. The standard InChI is InChI=1S/C28H28N4O3/c1-20-27(33)32(19-21-6-4-3-5-7-21)26-13-8-22(18-25(26)29-20)28(34)31-16-14-30(15-17-31)23-9-11-24(35-2)12-10-23/h3-13,18H,14-17,19H2,1-2H3. The van der Waals surface area contributed by atoms with Gasteiger partial charge in [-0.15, -0.1) is 0 Å². The number of hydrogen-bond acceptors (Lipinski definition) is 5. The second kappa shape index (κ2) is 9.62. The first-order valence-electron chi connectivity index (χ1n) is 11.8. The molecule has 4 aromatic rings. The highest BCUT2D eigenvalue weighted by Gasteiger charge is 2.23. The average molecular weight is 469 g/mol. The molecule has 1 saturated heterocycles. The highest BCUT2D eigenvalue weighted by atomic mass is 16.5. The minimum atomic E-state index is -0.116. The smallest absolute Gasteiger partial charge is 0.272 e. The van der Waals surface area contributed by atoms with Crippen LogP contribution in [0.5, 0.6) is 5.75 Å². The quantitative estimate of drug-likeness (QED) is 0.447. The summed E-state index contributed by atoms with van der Waals surface area (Å²) in [5.74, 6) is 0.818. The maximum atomic E-state index is 13.3. The molecule has 1 aliphatic rings. The average Bonchev–Trinajstić information content (AvgIpc) is 2.91. The van der Waals surface area contributed by atoms with Gasteiger partial charge in [-0.05, 0) is 55.0 Å². The van der Waals surface area contributed by atoms with Gasteiger partial charge < -0.3 is 19.1 Å². The van der Waals surface area contributed by atoms with E-state index in [2.05, 4.69) is 9.88 Å². The van der Waals surface area contributed by atoms with Crippen molar-refractivity contribution in [2.45, 2.75) is 13.5 Å². The number of fused-ring (bicyclic) bond motifs is 1. The number of nitrogens with zero attached hydrogens (tertiary/aromatic N) is 4. The molecule has 1 fully saturated rings. The first kappa shape index (κ1) is 22.7. The van der Waals surface area contributed by atoms with Gasteiger partial charge in [0.1, 0.15) is 11.4 Å². The van der Waals surface area contributed by atoms with Crippen molar-refractivity contribution in [2.24, 2.45) is 0 Å². The number of aryl methyl sites for hydroxylation is 1. The monoisotopic (exact) mass is 468 g/mol. The molecule has 7 nitrogen and oxygen atoms in total. The van der Waals surface area contributed by atoms with Gasteiger partial charge in [0.2, 0.25) is 0 Å². The number of hydrogen-bond donors (Lipinski definition) is 0. The Morgan fingerprint density at radius 3 is 2.34 bits per heavy atom. The van der Waals surface area contributed by atoms with Crippen LogP contribution in [0.2, 0.25) is 0 Å². The van der Waals surface area contributed by atoms with Crippen LogP contribution in [-0.4, -0.2) is 53.6 Å². The Hall–Kier alpha value is -4.13. The van der Waals surface area contributed by atoms with Crippen LogP contribution < -0.4 is 15.2 Å². The number of rotatable bonds is 5. The molecule has 0 aliphatic carbocycles. The molecule has 0 atom stereocenters. The summed E-state index contributed by atoms with van der Waals surface area (Å²) in [6, 6.07) is 23.3. The second-order valence-electron chi connectivity index (χ2n) is 8.75. The van der Waals surface area contributed by atoms with Crippen LogP contribution in [-0.2, 0) is 6.54 Å². The maximum Gasteiger partial charge on any atom is 0.272 e. The van der Waals surface area contributed by atoms with E-state index in [-0.39, 0.29) is 11.5 Å². The fraction of sp³-hybridized carbons (Fsp3) is 0.250. The Bertz CT molecular complexity index is 1410. The zero-order chi connectivity index (χ0) is 24.4. The van der Waals surface area contributed by atoms with Gasteiger partial charge in [0.05, 0.1) is 24.7 Å². The molecule has 1 aliphatic heterocycles. The SMILES string of the molecule is COc1ccc(N2CCN(C(=O)c3ccc4c(c3)nc(C)c(=O)n4Cc3ccccc3)CC2)cc1. The summed E-state index contributed by atoms with van der Waals surface area (Å²) in [5, 5.41) is 0. The van der Waals surface area contributed by atoms with Crippen LogP contribution in [0.15, 0.2) is 77.6 Å². The molecule has 0 saturated carbocycles. The van der Waals surface area contributed by atoms with Gasteiger partial charge in [0.15, 0.2) is 0 Å². The Balaban J connectivity index is 1.35. The minimum absolute atomic E-state index is 0.0125. The number of anilines is 1. The van der Waals surface area contributed by atoms with Crippen molar-refractivity contribution < 1.29 is 9.53 Å². The highest BCUT2D eigenvalue weighted by molar-refractivity contribution is 5.97. The van der Waals surface area contributed by atoms with Crippen LogP contribution >= 0.6 is 0 Å². The third kappa shape index (κ3) is 4.62. The molecular formula is C28H28N4O3. The highest BCUT2D eigenvalue weighted by Crippen LogP contribution is 2.22. The van der Waals surface area contributed by atoms with Crippen LogP contribution in [0.25, 0.3) is 11.0 Å². The van der Waals surface area contributed by atoms with E-state index >= 15 is 0 Å². The molecule has 7 heteroatoms. The van der Waals surface area contributed by atoms with E-state index in [0.29, 0.717) is 36.4 Å². The molecule has 3 aromatic carbocycles. The molecule has 178 valence electrons.